The highest BCUT2D eigenvalue weighted by molar-refractivity contribution is 7.09. The fraction of sp³-hybridized carbons (Fsp3) is 0.750. The predicted octanol–water partition coefficient (Wildman–Crippen LogP) is 2.49. The lowest BCUT2D eigenvalue weighted by atomic mass is 9.92. The second-order valence-electron chi connectivity index (χ2n) is 4.46. The summed E-state index contributed by atoms with van der Waals surface area (Å²) in [7, 11) is 0. The Balaban J connectivity index is 1.95. The van der Waals surface area contributed by atoms with E-state index in [-0.39, 0.29) is 12.1 Å². The maximum atomic E-state index is 9.93. The van der Waals surface area contributed by atoms with Crippen LogP contribution in [0.4, 0.5) is 0 Å². The van der Waals surface area contributed by atoms with Crippen LogP contribution in [-0.4, -0.2) is 22.2 Å². The van der Waals surface area contributed by atoms with Gasteiger partial charge in [-0.05, 0) is 19.3 Å². The average Bonchev–Trinajstić information content (AvgIpc) is 2.81. The van der Waals surface area contributed by atoms with E-state index in [0.29, 0.717) is 6.04 Å². The van der Waals surface area contributed by atoms with Crippen LogP contribution < -0.4 is 5.32 Å². The molecule has 1 fully saturated rings. The Morgan fingerprint density at radius 2 is 2.38 bits per heavy atom. The minimum Gasteiger partial charge on any atom is -0.392 e. The molecular weight excluding hydrogens is 220 g/mol. The molecule has 1 aliphatic rings. The average molecular weight is 240 g/mol. The second kappa shape index (κ2) is 5.75. The van der Waals surface area contributed by atoms with Crippen molar-refractivity contribution < 1.29 is 5.11 Å². The lowest BCUT2D eigenvalue weighted by Crippen LogP contribution is -2.43. The minimum atomic E-state index is -0.178. The van der Waals surface area contributed by atoms with Gasteiger partial charge in [0.2, 0.25) is 0 Å². The molecule has 0 saturated heterocycles. The topological polar surface area (TPSA) is 45.1 Å². The number of hydrogen-bond acceptors (Lipinski definition) is 4. The van der Waals surface area contributed by atoms with Crippen molar-refractivity contribution in [3.63, 3.8) is 0 Å². The first-order valence-electron chi connectivity index (χ1n) is 6.14. The molecule has 0 aromatic carbocycles. The number of thiazole rings is 1. The van der Waals surface area contributed by atoms with Crippen molar-refractivity contribution in [2.24, 2.45) is 0 Å². The van der Waals surface area contributed by atoms with Crippen LogP contribution in [0.2, 0.25) is 0 Å². The Hall–Kier alpha value is -0.450. The zero-order chi connectivity index (χ0) is 11.4. The first kappa shape index (κ1) is 12.0. The van der Waals surface area contributed by atoms with Crippen LogP contribution in [0.15, 0.2) is 11.6 Å². The molecule has 0 bridgehead atoms. The largest absolute Gasteiger partial charge is 0.392 e. The van der Waals surface area contributed by atoms with Crippen molar-refractivity contribution in [3.05, 3.63) is 16.6 Å². The molecule has 0 aliphatic heterocycles. The number of hydrogen-bond donors (Lipinski definition) is 2. The van der Waals surface area contributed by atoms with Gasteiger partial charge in [0.05, 0.1) is 12.1 Å². The van der Waals surface area contributed by atoms with Crippen LogP contribution in [-0.2, 0) is 0 Å². The fourth-order valence-electron chi connectivity index (χ4n) is 2.33. The summed E-state index contributed by atoms with van der Waals surface area (Å²) in [6.07, 6.45) is 7.10. The third-order valence-corrected chi connectivity index (χ3v) is 4.19. The number of aliphatic hydroxyl groups excluding tert-OH is 1. The van der Waals surface area contributed by atoms with Crippen LogP contribution in [0.5, 0.6) is 0 Å². The third-order valence-electron chi connectivity index (χ3n) is 3.30. The maximum Gasteiger partial charge on any atom is 0.109 e. The molecule has 0 radical (unpaired) electrons. The van der Waals surface area contributed by atoms with Gasteiger partial charge in [-0.15, -0.1) is 11.3 Å². The third kappa shape index (κ3) is 2.81. The van der Waals surface area contributed by atoms with Gasteiger partial charge in [-0.3, -0.25) is 0 Å². The minimum absolute atomic E-state index is 0.178. The number of nitrogens with zero attached hydrogens (tertiary/aromatic N) is 1. The summed E-state index contributed by atoms with van der Waals surface area (Å²) in [5.41, 5.74) is 0. The number of nitrogens with one attached hydrogen (secondary N) is 1. The SMILES string of the molecule is CCC(N[C@@H]1CCCC[C@H]1O)c1nccs1. The summed E-state index contributed by atoms with van der Waals surface area (Å²) in [6, 6.07) is 0.556. The van der Waals surface area contributed by atoms with E-state index >= 15 is 0 Å². The molecule has 1 aliphatic carbocycles. The van der Waals surface area contributed by atoms with Crippen molar-refractivity contribution in [1.82, 2.24) is 10.3 Å². The summed E-state index contributed by atoms with van der Waals surface area (Å²) in [5, 5.41) is 16.6. The van der Waals surface area contributed by atoms with E-state index in [1.165, 1.54) is 6.42 Å². The first-order chi connectivity index (χ1) is 7.81. The van der Waals surface area contributed by atoms with Gasteiger partial charge in [0.25, 0.3) is 0 Å². The summed E-state index contributed by atoms with van der Waals surface area (Å²) in [6.45, 7) is 2.16. The molecule has 4 heteroatoms. The Morgan fingerprint density at radius 1 is 1.56 bits per heavy atom. The Labute approximate surface area is 101 Å². The molecule has 2 N–H and O–H groups in total. The standard InChI is InChI=1S/C12H20N2OS/c1-2-9(12-13-7-8-16-12)14-10-5-3-4-6-11(10)15/h7-11,14-15H,2-6H2,1H3/t9?,10-,11-/m1/s1. The van der Waals surface area contributed by atoms with Crippen molar-refractivity contribution in [2.45, 2.75) is 57.2 Å². The van der Waals surface area contributed by atoms with Gasteiger partial charge in [0, 0.05) is 17.6 Å². The number of aliphatic hydroxyl groups is 1. The van der Waals surface area contributed by atoms with Gasteiger partial charge in [-0.25, -0.2) is 4.98 Å². The van der Waals surface area contributed by atoms with Crippen molar-refractivity contribution >= 4 is 11.3 Å². The first-order valence-corrected chi connectivity index (χ1v) is 7.02. The zero-order valence-corrected chi connectivity index (χ0v) is 10.5. The maximum absolute atomic E-state index is 9.93. The highest BCUT2D eigenvalue weighted by Gasteiger charge is 2.25. The van der Waals surface area contributed by atoms with Crippen LogP contribution >= 0.6 is 11.3 Å². The monoisotopic (exact) mass is 240 g/mol. The lowest BCUT2D eigenvalue weighted by molar-refractivity contribution is 0.0844. The normalized spacial score (nSPS) is 27.9. The Kier molecular flexibility index (Phi) is 4.32. The van der Waals surface area contributed by atoms with Gasteiger partial charge in [-0.2, -0.15) is 0 Å². The molecule has 1 aromatic heterocycles. The van der Waals surface area contributed by atoms with Crippen LogP contribution in [0.25, 0.3) is 0 Å². The van der Waals surface area contributed by atoms with E-state index in [1.54, 1.807) is 11.3 Å². The smallest absolute Gasteiger partial charge is 0.109 e. The highest BCUT2D eigenvalue weighted by Crippen LogP contribution is 2.24. The summed E-state index contributed by atoms with van der Waals surface area (Å²) >= 11 is 1.69. The van der Waals surface area contributed by atoms with Crippen molar-refractivity contribution in [2.75, 3.05) is 0 Å². The number of aromatic nitrogens is 1. The molecule has 1 unspecified atom stereocenters. The summed E-state index contributed by atoms with van der Waals surface area (Å²) < 4.78 is 0. The zero-order valence-electron chi connectivity index (χ0n) is 9.72. The van der Waals surface area contributed by atoms with E-state index in [4.69, 9.17) is 0 Å². The van der Waals surface area contributed by atoms with Crippen LogP contribution in [0.3, 0.4) is 0 Å². The van der Waals surface area contributed by atoms with Crippen LogP contribution in [0, 0.1) is 0 Å². The van der Waals surface area contributed by atoms with Crippen molar-refractivity contribution in [1.29, 1.82) is 0 Å². The summed E-state index contributed by atoms with van der Waals surface area (Å²) in [4.78, 5) is 4.35. The molecule has 3 nitrogen and oxygen atoms in total. The molecule has 1 aromatic rings. The van der Waals surface area contributed by atoms with Gasteiger partial charge >= 0.3 is 0 Å². The van der Waals surface area contributed by atoms with E-state index in [0.717, 1.165) is 30.7 Å². The van der Waals surface area contributed by atoms with Gasteiger partial charge < -0.3 is 10.4 Å². The lowest BCUT2D eigenvalue weighted by Gasteiger charge is -2.31. The Bertz CT molecular complexity index is 302. The molecule has 1 heterocycles. The molecule has 16 heavy (non-hydrogen) atoms. The molecule has 90 valence electrons. The fourth-order valence-corrected chi connectivity index (χ4v) is 3.12. The molecular formula is C12H20N2OS. The van der Waals surface area contributed by atoms with Gasteiger partial charge in [-0.1, -0.05) is 19.8 Å². The summed E-state index contributed by atoms with van der Waals surface area (Å²) in [5.74, 6) is 0. The van der Waals surface area contributed by atoms with E-state index < -0.39 is 0 Å². The van der Waals surface area contributed by atoms with Gasteiger partial charge in [0.1, 0.15) is 5.01 Å². The second-order valence-corrected chi connectivity index (χ2v) is 5.38. The number of rotatable bonds is 4. The molecule has 1 saturated carbocycles. The molecule has 0 amide bonds. The van der Waals surface area contributed by atoms with Crippen LogP contribution in [0.1, 0.15) is 50.1 Å². The van der Waals surface area contributed by atoms with Gasteiger partial charge in [0.15, 0.2) is 0 Å². The van der Waals surface area contributed by atoms with E-state index in [9.17, 15) is 5.11 Å². The van der Waals surface area contributed by atoms with E-state index in [2.05, 4.69) is 17.2 Å². The molecule has 0 spiro atoms. The van der Waals surface area contributed by atoms with Crippen molar-refractivity contribution in [3.8, 4) is 0 Å². The quantitative estimate of drug-likeness (QED) is 0.850. The van der Waals surface area contributed by atoms with E-state index in [1.807, 2.05) is 11.6 Å². The highest BCUT2D eigenvalue weighted by atomic mass is 32.1. The molecule has 3 atom stereocenters. The Morgan fingerprint density at radius 3 is 3.00 bits per heavy atom. The predicted molar refractivity (Wildman–Crippen MR) is 66.5 cm³/mol. The molecule has 2 rings (SSSR count).